The van der Waals surface area contributed by atoms with Crippen LogP contribution in [0.25, 0.3) is 0 Å². The van der Waals surface area contributed by atoms with E-state index in [-0.39, 0.29) is 53.4 Å². The molecule has 6 aliphatic carbocycles. The van der Waals surface area contributed by atoms with Crippen molar-refractivity contribution in [2.24, 2.45) is 33.5 Å². The molecule has 4 fully saturated rings. The third-order valence-electron chi connectivity index (χ3n) is 15.0. The van der Waals surface area contributed by atoms with Gasteiger partial charge in [-0.05, 0) is 112 Å². The van der Waals surface area contributed by atoms with Gasteiger partial charge in [-0.3, -0.25) is 9.59 Å². The van der Waals surface area contributed by atoms with Crippen molar-refractivity contribution in [3.63, 3.8) is 0 Å². The van der Waals surface area contributed by atoms with Gasteiger partial charge in [-0.15, -0.1) is 11.3 Å². The molecule has 1 aliphatic heterocycles. The van der Waals surface area contributed by atoms with Gasteiger partial charge in [-0.2, -0.15) is 0 Å². The molecule has 8 nitrogen and oxygen atoms in total. The standard InChI is InChI=1S/C43H55NO7S/c1-27-8-11-34(52-27)38(47)31-24-41-18-19-43(31)35(39(41,2)15-12-29(45)23-41)13-16-40(3)36(43)14-17-42(40,48)26-44(25-30-7-6-20-51-30)37(46)22-28-9-10-32(49-4)33(21-28)50-5/h8-11,18-19,21,24,29-30,35-36,45,48H,6-7,12-17,20,22-23,25-26H2,1-5H3. The average Bonchev–Trinajstić information content (AvgIpc) is 3.87. The number of allylic oxidation sites excluding steroid dienone is 4. The van der Waals surface area contributed by atoms with E-state index in [0.29, 0.717) is 37.5 Å². The number of aliphatic hydroxyl groups is 2. The van der Waals surface area contributed by atoms with E-state index in [2.05, 4.69) is 32.1 Å². The van der Waals surface area contributed by atoms with Crippen molar-refractivity contribution in [2.75, 3.05) is 33.9 Å². The van der Waals surface area contributed by atoms with E-state index in [1.807, 2.05) is 42.2 Å². The molecule has 52 heavy (non-hydrogen) atoms. The van der Waals surface area contributed by atoms with Gasteiger partial charge in [0.2, 0.25) is 5.91 Å². The number of nitrogens with zero attached hydrogens (tertiary/aromatic N) is 1. The summed E-state index contributed by atoms with van der Waals surface area (Å²) in [5.74, 6) is 1.47. The zero-order chi connectivity index (χ0) is 36.7. The van der Waals surface area contributed by atoms with Crippen LogP contribution in [-0.2, 0) is 16.0 Å². The molecule has 3 saturated carbocycles. The van der Waals surface area contributed by atoms with Gasteiger partial charge >= 0.3 is 0 Å². The van der Waals surface area contributed by atoms with E-state index < -0.39 is 22.5 Å². The molecule has 2 spiro atoms. The fourth-order valence-electron chi connectivity index (χ4n) is 12.2. The topological polar surface area (TPSA) is 106 Å². The molecule has 1 aromatic heterocycles. The van der Waals surface area contributed by atoms with Crippen LogP contribution < -0.4 is 9.47 Å². The number of ether oxygens (including phenoxy) is 3. The molecule has 1 aromatic carbocycles. The van der Waals surface area contributed by atoms with Crippen LogP contribution in [-0.4, -0.2) is 78.5 Å². The number of amides is 1. The van der Waals surface area contributed by atoms with Crippen molar-refractivity contribution in [3.8, 4) is 11.5 Å². The second-order valence-electron chi connectivity index (χ2n) is 17.3. The van der Waals surface area contributed by atoms with Crippen LogP contribution in [0.1, 0.15) is 91.7 Å². The molecule has 1 amide bonds. The molecule has 2 N–H and O–H groups in total. The van der Waals surface area contributed by atoms with Crippen LogP contribution in [0.2, 0.25) is 0 Å². The number of methoxy groups -OCH3 is 2. The number of fused-ring (bicyclic) bond motifs is 1. The largest absolute Gasteiger partial charge is 0.493 e. The van der Waals surface area contributed by atoms with Crippen molar-refractivity contribution in [1.29, 1.82) is 0 Å². The van der Waals surface area contributed by atoms with Gasteiger partial charge in [-0.25, -0.2) is 0 Å². The molecule has 0 radical (unpaired) electrons. The maximum Gasteiger partial charge on any atom is 0.227 e. The first-order valence-corrected chi connectivity index (χ1v) is 20.2. The summed E-state index contributed by atoms with van der Waals surface area (Å²) in [6.45, 7) is 8.05. The summed E-state index contributed by atoms with van der Waals surface area (Å²) >= 11 is 1.55. The van der Waals surface area contributed by atoms with Crippen molar-refractivity contribution in [2.45, 2.75) is 103 Å². The van der Waals surface area contributed by atoms with Gasteiger partial charge in [0.15, 0.2) is 17.3 Å². The Balaban J connectivity index is 1.15. The van der Waals surface area contributed by atoms with Crippen LogP contribution in [0.4, 0.5) is 0 Å². The van der Waals surface area contributed by atoms with E-state index in [1.54, 1.807) is 25.6 Å². The Kier molecular flexibility index (Phi) is 8.88. The summed E-state index contributed by atoms with van der Waals surface area (Å²) in [7, 11) is 3.19. The van der Waals surface area contributed by atoms with Crippen molar-refractivity contribution >= 4 is 23.0 Å². The smallest absolute Gasteiger partial charge is 0.227 e. The minimum absolute atomic E-state index is 0.0174. The second kappa shape index (κ2) is 12.8. The molecular weight excluding hydrogens is 675 g/mol. The Bertz CT molecular complexity index is 1810. The highest BCUT2D eigenvalue weighted by molar-refractivity contribution is 7.14. The van der Waals surface area contributed by atoms with Crippen LogP contribution in [0.5, 0.6) is 11.5 Å². The van der Waals surface area contributed by atoms with Gasteiger partial charge in [0, 0.05) is 39.8 Å². The number of ketones is 1. The number of hydrogen-bond donors (Lipinski definition) is 2. The van der Waals surface area contributed by atoms with Crippen LogP contribution in [0, 0.1) is 40.4 Å². The average molecular weight is 730 g/mol. The van der Waals surface area contributed by atoms with Crippen molar-refractivity contribution in [3.05, 3.63) is 69.5 Å². The van der Waals surface area contributed by atoms with Crippen LogP contribution in [0.3, 0.4) is 0 Å². The number of hydrogen-bond acceptors (Lipinski definition) is 8. The first-order chi connectivity index (χ1) is 24.8. The number of carbonyl (C=O) groups excluding carboxylic acids is 2. The SMILES string of the molecule is COc1ccc(CC(=O)N(CC2CCCO2)CC2(O)CCC3C45C=CC6(C=C4C(=O)c4ccc(C)s4)CC(O)CCC6(C)C5CCC32C)cc1OC. The molecule has 280 valence electrons. The van der Waals surface area contributed by atoms with E-state index in [4.69, 9.17) is 14.2 Å². The Morgan fingerprint density at radius 2 is 1.71 bits per heavy atom. The molecule has 2 aromatic rings. The van der Waals surface area contributed by atoms with Crippen LogP contribution in [0.15, 0.2) is 54.1 Å². The summed E-state index contributed by atoms with van der Waals surface area (Å²) in [5, 5.41) is 24.1. The second-order valence-corrected chi connectivity index (χ2v) is 18.6. The van der Waals surface area contributed by atoms with E-state index in [1.165, 1.54) is 0 Å². The molecule has 9 unspecified atom stereocenters. The first-order valence-electron chi connectivity index (χ1n) is 19.4. The first kappa shape index (κ1) is 36.0. The Morgan fingerprint density at radius 1 is 0.962 bits per heavy atom. The van der Waals surface area contributed by atoms with Crippen molar-refractivity contribution in [1.82, 2.24) is 4.90 Å². The molecular formula is C43H55NO7S. The van der Waals surface area contributed by atoms with Crippen molar-refractivity contribution < 1.29 is 34.0 Å². The summed E-state index contributed by atoms with van der Waals surface area (Å²) < 4.78 is 17.0. The van der Waals surface area contributed by atoms with Gasteiger partial charge in [0.25, 0.3) is 0 Å². The quantitative estimate of drug-likeness (QED) is 0.199. The molecule has 2 heterocycles. The zero-order valence-electron chi connectivity index (χ0n) is 31.4. The fourth-order valence-corrected chi connectivity index (χ4v) is 13.0. The summed E-state index contributed by atoms with van der Waals surface area (Å²) in [6, 6.07) is 9.57. The molecule has 9 rings (SSSR count). The molecule has 2 bridgehead atoms. The molecule has 9 atom stereocenters. The predicted octanol–water partition coefficient (Wildman–Crippen LogP) is 7.10. The van der Waals surface area contributed by atoms with Gasteiger partial charge in [0.05, 0.1) is 49.9 Å². The van der Waals surface area contributed by atoms with E-state index in [9.17, 15) is 19.8 Å². The number of thiophene rings is 1. The molecule has 1 saturated heterocycles. The molecule has 7 aliphatic rings. The highest BCUT2D eigenvalue weighted by atomic mass is 32.1. The zero-order valence-corrected chi connectivity index (χ0v) is 32.2. The maximum atomic E-state index is 14.8. The predicted molar refractivity (Wildman–Crippen MR) is 201 cm³/mol. The van der Waals surface area contributed by atoms with Gasteiger partial charge in [0.1, 0.15) is 0 Å². The fraction of sp³-hybridized carbons (Fsp3) is 0.628. The summed E-state index contributed by atoms with van der Waals surface area (Å²) in [4.78, 5) is 32.9. The highest BCUT2D eigenvalue weighted by Crippen LogP contribution is 2.78. The summed E-state index contributed by atoms with van der Waals surface area (Å²) in [5.41, 5.74) is -1.00. The lowest BCUT2D eigenvalue weighted by Gasteiger charge is -2.71. The lowest BCUT2D eigenvalue weighted by molar-refractivity contribution is -0.179. The lowest BCUT2D eigenvalue weighted by Crippen LogP contribution is -2.67. The lowest BCUT2D eigenvalue weighted by atomic mass is 9.32. The Labute approximate surface area is 312 Å². The monoisotopic (exact) mass is 729 g/mol. The number of aliphatic hydroxyl groups excluding tert-OH is 1. The number of benzene rings is 1. The van der Waals surface area contributed by atoms with Gasteiger partial charge in [-0.1, -0.05) is 38.1 Å². The highest BCUT2D eigenvalue weighted by Gasteiger charge is 2.74. The summed E-state index contributed by atoms with van der Waals surface area (Å²) in [6.07, 6.45) is 13.9. The minimum Gasteiger partial charge on any atom is -0.493 e. The minimum atomic E-state index is -1.15. The number of Topliss-reactive ketones (excluding diaryl/α,β-unsaturated/α-hetero) is 1. The Morgan fingerprint density at radius 3 is 2.42 bits per heavy atom. The van der Waals surface area contributed by atoms with E-state index in [0.717, 1.165) is 65.8 Å². The van der Waals surface area contributed by atoms with Crippen LogP contribution >= 0.6 is 11.3 Å². The van der Waals surface area contributed by atoms with E-state index >= 15 is 0 Å². The Hall–Kier alpha value is -2.98. The third kappa shape index (κ3) is 5.23. The third-order valence-corrected chi connectivity index (χ3v) is 16.0. The number of rotatable bonds is 10. The van der Waals surface area contributed by atoms with Gasteiger partial charge < -0.3 is 29.3 Å². The number of carbonyl (C=O) groups is 2. The number of aryl methyl sites for hydroxylation is 1. The normalized spacial score (nSPS) is 38.6. The molecule has 9 heteroatoms. The maximum absolute atomic E-state index is 14.8.